The van der Waals surface area contributed by atoms with Crippen LogP contribution in [0.2, 0.25) is 0 Å². The Hall–Kier alpha value is -1.41. The Morgan fingerprint density at radius 3 is 3.05 bits per heavy atom. The van der Waals surface area contributed by atoms with Gasteiger partial charge in [0.1, 0.15) is 0 Å². The largest absolute Gasteiger partial charge is 0.325 e. The maximum Gasteiger partial charge on any atom is 0.234 e. The van der Waals surface area contributed by atoms with E-state index < -0.39 is 0 Å². The van der Waals surface area contributed by atoms with Gasteiger partial charge in [-0.15, -0.1) is 5.10 Å². The summed E-state index contributed by atoms with van der Waals surface area (Å²) in [6, 6.07) is 6.14. The van der Waals surface area contributed by atoms with Gasteiger partial charge in [-0.1, -0.05) is 27.7 Å². The molecular weight excluding hydrogens is 354 g/mol. The van der Waals surface area contributed by atoms with Gasteiger partial charge in [-0.25, -0.2) is 4.68 Å². The molecule has 21 heavy (non-hydrogen) atoms. The fraction of sp³-hybridized carbons (Fsp3) is 0.385. The lowest BCUT2D eigenvalue weighted by Gasteiger charge is -2.07. The summed E-state index contributed by atoms with van der Waals surface area (Å²) in [5, 5.41) is 15.2. The van der Waals surface area contributed by atoms with Crippen LogP contribution in [0.3, 0.4) is 0 Å². The number of halogens is 1. The molecule has 1 amide bonds. The topological polar surface area (TPSA) is 72.7 Å². The van der Waals surface area contributed by atoms with Crippen LogP contribution in [0, 0.1) is 6.92 Å². The first-order chi connectivity index (χ1) is 10.1. The van der Waals surface area contributed by atoms with Gasteiger partial charge >= 0.3 is 0 Å². The standard InChI is InChI=1S/C13H14BrN5OS/c1-8-6-9(2-5-11(8)14)15-12(20)7-21-13-16-17-18-19(13)10-3-4-10/h2,5-6,10H,3-4,7H2,1H3,(H,15,20). The van der Waals surface area contributed by atoms with E-state index in [2.05, 4.69) is 36.8 Å². The molecule has 1 aliphatic carbocycles. The Bertz CT molecular complexity index is 670. The van der Waals surface area contributed by atoms with Crippen molar-refractivity contribution in [1.82, 2.24) is 20.2 Å². The van der Waals surface area contributed by atoms with E-state index >= 15 is 0 Å². The first-order valence-corrected chi connectivity index (χ1v) is 8.38. The van der Waals surface area contributed by atoms with Crippen LogP contribution in [0.15, 0.2) is 27.8 Å². The van der Waals surface area contributed by atoms with Gasteiger partial charge in [0.05, 0.1) is 11.8 Å². The second-order valence-electron chi connectivity index (χ2n) is 4.94. The lowest BCUT2D eigenvalue weighted by molar-refractivity contribution is -0.113. The number of aromatic nitrogens is 4. The SMILES string of the molecule is Cc1cc(NC(=O)CSc2nnnn2C2CC2)ccc1Br. The molecule has 0 atom stereocenters. The second kappa shape index (κ2) is 6.15. The van der Waals surface area contributed by atoms with Gasteiger partial charge < -0.3 is 5.32 Å². The summed E-state index contributed by atoms with van der Waals surface area (Å²) in [5.41, 5.74) is 1.88. The van der Waals surface area contributed by atoms with Crippen molar-refractivity contribution < 1.29 is 4.79 Å². The number of nitrogens with one attached hydrogen (secondary N) is 1. The summed E-state index contributed by atoms with van der Waals surface area (Å²) < 4.78 is 2.83. The van der Waals surface area contributed by atoms with Crippen LogP contribution in [0.5, 0.6) is 0 Å². The molecule has 1 N–H and O–H groups in total. The van der Waals surface area contributed by atoms with Crippen molar-refractivity contribution in [3.05, 3.63) is 28.2 Å². The molecule has 1 aromatic carbocycles. The number of rotatable bonds is 5. The monoisotopic (exact) mass is 367 g/mol. The van der Waals surface area contributed by atoms with E-state index in [0.29, 0.717) is 17.0 Å². The highest BCUT2D eigenvalue weighted by molar-refractivity contribution is 9.10. The Morgan fingerprint density at radius 1 is 1.52 bits per heavy atom. The Morgan fingerprint density at radius 2 is 2.33 bits per heavy atom. The third-order valence-corrected chi connectivity index (χ3v) is 4.95. The summed E-state index contributed by atoms with van der Waals surface area (Å²) in [7, 11) is 0. The van der Waals surface area contributed by atoms with Gasteiger partial charge in [-0.2, -0.15) is 0 Å². The molecule has 0 unspecified atom stereocenters. The van der Waals surface area contributed by atoms with Crippen LogP contribution in [0.4, 0.5) is 5.69 Å². The molecular formula is C13H14BrN5OS. The molecule has 1 saturated carbocycles. The highest BCUT2D eigenvalue weighted by Gasteiger charge is 2.28. The normalized spacial score (nSPS) is 14.2. The molecule has 6 nitrogen and oxygen atoms in total. The number of amides is 1. The zero-order valence-corrected chi connectivity index (χ0v) is 13.8. The van der Waals surface area contributed by atoms with Crippen LogP contribution < -0.4 is 5.32 Å². The Kier molecular flexibility index (Phi) is 4.25. The summed E-state index contributed by atoms with van der Waals surface area (Å²) in [5.74, 6) is 0.231. The predicted octanol–water partition coefficient (Wildman–Crippen LogP) is 2.81. The summed E-state index contributed by atoms with van der Waals surface area (Å²) in [6.07, 6.45) is 2.23. The smallest absolute Gasteiger partial charge is 0.234 e. The predicted molar refractivity (Wildman–Crippen MR) is 84.3 cm³/mol. The van der Waals surface area contributed by atoms with Crippen LogP contribution >= 0.6 is 27.7 Å². The van der Waals surface area contributed by atoms with Crippen molar-refractivity contribution in [2.45, 2.75) is 31.0 Å². The van der Waals surface area contributed by atoms with Crippen molar-refractivity contribution in [3.8, 4) is 0 Å². The van der Waals surface area contributed by atoms with Crippen LogP contribution in [0.1, 0.15) is 24.4 Å². The molecule has 1 aliphatic rings. The van der Waals surface area contributed by atoms with E-state index in [1.807, 2.05) is 29.8 Å². The van der Waals surface area contributed by atoms with Gasteiger partial charge in [-0.3, -0.25) is 4.79 Å². The summed E-state index contributed by atoms with van der Waals surface area (Å²) >= 11 is 4.80. The van der Waals surface area contributed by atoms with E-state index in [-0.39, 0.29) is 5.91 Å². The number of anilines is 1. The van der Waals surface area contributed by atoms with Gasteiger partial charge in [0.25, 0.3) is 0 Å². The Balaban J connectivity index is 1.56. The molecule has 0 spiro atoms. The average Bonchev–Trinajstić information content (AvgIpc) is 3.19. The minimum atomic E-state index is -0.0629. The first-order valence-electron chi connectivity index (χ1n) is 6.60. The second-order valence-corrected chi connectivity index (χ2v) is 6.73. The number of benzene rings is 1. The number of carbonyl (C=O) groups is 1. The maximum atomic E-state index is 12.0. The average molecular weight is 368 g/mol. The number of tetrazole rings is 1. The molecule has 0 saturated heterocycles. The van der Waals surface area contributed by atoms with Crippen molar-refractivity contribution >= 4 is 39.3 Å². The van der Waals surface area contributed by atoms with E-state index in [1.165, 1.54) is 11.8 Å². The fourth-order valence-corrected chi connectivity index (χ4v) is 2.87. The molecule has 2 aromatic rings. The highest BCUT2D eigenvalue weighted by Crippen LogP contribution is 2.36. The van der Waals surface area contributed by atoms with Crippen molar-refractivity contribution in [1.29, 1.82) is 0 Å². The van der Waals surface area contributed by atoms with E-state index in [4.69, 9.17) is 0 Å². The number of hydrogen-bond donors (Lipinski definition) is 1. The zero-order chi connectivity index (χ0) is 14.8. The van der Waals surface area contributed by atoms with Crippen LogP contribution in [-0.4, -0.2) is 31.9 Å². The molecule has 3 rings (SSSR count). The molecule has 110 valence electrons. The van der Waals surface area contributed by atoms with E-state index in [0.717, 1.165) is 28.6 Å². The van der Waals surface area contributed by atoms with Crippen molar-refractivity contribution in [2.24, 2.45) is 0 Å². The third kappa shape index (κ3) is 3.62. The molecule has 1 heterocycles. The quantitative estimate of drug-likeness (QED) is 0.822. The number of nitrogens with zero attached hydrogens (tertiary/aromatic N) is 4. The van der Waals surface area contributed by atoms with E-state index in [9.17, 15) is 4.79 Å². The third-order valence-electron chi connectivity index (χ3n) is 3.13. The number of aryl methyl sites for hydroxylation is 1. The summed E-state index contributed by atoms with van der Waals surface area (Å²) in [6.45, 7) is 1.98. The molecule has 0 radical (unpaired) electrons. The molecule has 0 aliphatic heterocycles. The number of carbonyl (C=O) groups excluding carboxylic acids is 1. The van der Waals surface area contributed by atoms with E-state index in [1.54, 1.807) is 0 Å². The van der Waals surface area contributed by atoms with Gasteiger partial charge in [0, 0.05) is 10.2 Å². The molecule has 8 heteroatoms. The first kappa shape index (κ1) is 14.5. The van der Waals surface area contributed by atoms with Gasteiger partial charge in [-0.05, 0) is 54.0 Å². The lowest BCUT2D eigenvalue weighted by atomic mass is 10.2. The number of thioether (sulfide) groups is 1. The fourth-order valence-electron chi connectivity index (χ4n) is 1.88. The van der Waals surface area contributed by atoms with Gasteiger partial charge in [0.15, 0.2) is 0 Å². The molecule has 0 bridgehead atoms. The van der Waals surface area contributed by atoms with Crippen molar-refractivity contribution in [3.63, 3.8) is 0 Å². The van der Waals surface area contributed by atoms with Crippen LogP contribution in [0.25, 0.3) is 0 Å². The van der Waals surface area contributed by atoms with Crippen LogP contribution in [-0.2, 0) is 4.79 Å². The summed E-state index contributed by atoms with van der Waals surface area (Å²) in [4.78, 5) is 12.0. The minimum Gasteiger partial charge on any atom is -0.325 e. The molecule has 1 fully saturated rings. The number of hydrogen-bond acceptors (Lipinski definition) is 5. The minimum absolute atomic E-state index is 0.0629. The maximum absolute atomic E-state index is 12.0. The van der Waals surface area contributed by atoms with Crippen molar-refractivity contribution in [2.75, 3.05) is 11.1 Å². The lowest BCUT2D eigenvalue weighted by Crippen LogP contribution is -2.14. The Labute approximate surface area is 134 Å². The van der Waals surface area contributed by atoms with Gasteiger partial charge in [0.2, 0.25) is 11.1 Å². The highest BCUT2D eigenvalue weighted by atomic mass is 79.9. The molecule has 1 aromatic heterocycles. The zero-order valence-electron chi connectivity index (χ0n) is 11.4.